The predicted octanol–water partition coefficient (Wildman–Crippen LogP) is 4.95. The van der Waals surface area contributed by atoms with Gasteiger partial charge in [0.1, 0.15) is 0 Å². The van der Waals surface area contributed by atoms with Gasteiger partial charge in [-0.25, -0.2) is 0 Å². The van der Waals surface area contributed by atoms with Gasteiger partial charge < -0.3 is 9.88 Å². The van der Waals surface area contributed by atoms with Gasteiger partial charge >= 0.3 is 6.18 Å². The van der Waals surface area contributed by atoms with E-state index in [1.807, 2.05) is 6.07 Å². The Balaban J connectivity index is 1.82. The van der Waals surface area contributed by atoms with E-state index in [-0.39, 0.29) is 21.7 Å². The number of hydrogen-bond acceptors (Lipinski definition) is 2. The molecule has 26 heavy (non-hydrogen) atoms. The van der Waals surface area contributed by atoms with Crippen LogP contribution in [0.25, 0.3) is 10.9 Å². The van der Waals surface area contributed by atoms with Crippen LogP contribution in [0.3, 0.4) is 0 Å². The molecule has 1 N–H and O–H groups in total. The number of hydrogen-bond donors (Lipinski definition) is 1. The Hall–Kier alpha value is -1.98. The summed E-state index contributed by atoms with van der Waals surface area (Å²) < 4.78 is 40.3. The number of rotatable bonds is 1. The molecule has 2 atom stereocenters. The Morgan fingerprint density at radius 2 is 1.88 bits per heavy atom. The van der Waals surface area contributed by atoms with Crippen LogP contribution in [0.1, 0.15) is 45.6 Å². The topological polar surface area (TPSA) is 36.1 Å². The summed E-state index contributed by atoms with van der Waals surface area (Å²) in [6.45, 7) is 7.68. The van der Waals surface area contributed by atoms with Crippen molar-refractivity contribution in [3.8, 4) is 0 Å². The molecular weight excluding hydrogens is 341 g/mol. The molecule has 2 heterocycles. The van der Waals surface area contributed by atoms with Crippen molar-refractivity contribution in [3.63, 3.8) is 0 Å². The van der Waals surface area contributed by atoms with Gasteiger partial charge in [0.2, 0.25) is 5.56 Å². The molecule has 1 saturated carbocycles. The Labute approximate surface area is 150 Å². The lowest BCUT2D eigenvalue weighted by molar-refractivity contribution is -0.136. The number of aromatic nitrogens is 1. The van der Waals surface area contributed by atoms with E-state index in [0.717, 1.165) is 31.5 Å². The first-order valence-electron chi connectivity index (χ1n) is 8.97. The molecule has 2 unspecified atom stereocenters. The third-order valence-electron chi connectivity index (χ3n) is 5.88. The van der Waals surface area contributed by atoms with Gasteiger partial charge in [-0.2, -0.15) is 13.2 Å². The predicted molar refractivity (Wildman–Crippen MR) is 96.4 cm³/mol. The maximum atomic E-state index is 13.4. The van der Waals surface area contributed by atoms with E-state index in [1.54, 1.807) is 12.1 Å². The van der Waals surface area contributed by atoms with Crippen molar-refractivity contribution in [2.24, 2.45) is 10.8 Å². The first-order valence-corrected chi connectivity index (χ1v) is 8.97. The number of aromatic amines is 1. The highest BCUT2D eigenvalue weighted by Gasteiger charge is 2.49. The number of nitrogens with one attached hydrogen (secondary N) is 1. The lowest BCUT2D eigenvalue weighted by Gasteiger charge is -2.39. The molecule has 0 spiro atoms. The van der Waals surface area contributed by atoms with Crippen LogP contribution in [0, 0.1) is 10.8 Å². The zero-order valence-corrected chi connectivity index (χ0v) is 15.2. The first kappa shape index (κ1) is 17.4. The van der Waals surface area contributed by atoms with E-state index in [2.05, 4.69) is 30.7 Å². The Kier molecular flexibility index (Phi) is 3.53. The molecule has 0 radical (unpaired) electrons. The molecule has 1 saturated heterocycles. The summed E-state index contributed by atoms with van der Waals surface area (Å²) in [6.07, 6.45) is -1.31. The summed E-state index contributed by atoms with van der Waals surface area (Å²) in [6, 6.07) is 6.01. The molecule has 2 aliphatic rings. The van der Waals surface area contributed by atoms with Crippen LogP contribution in [0.5, 0.6) is 0 Å². The smallest absolute Gasteiger partial charge is 0.368 e. The second-order valence-corrected chi connectivity index (χ2v) is 9.12. The van der Waals surface area contributed by atoms with Crippen molar-refractivity contribution in [1.82, 2.24) is 4.98 Å². The SMILES string of the molecule is CC1(C)CC2CC(C)(CN2c2ccc3[nH]c(=O)cc(C(F)(F)F)c3c2)C1. The molecular formula is C20H23F3N2O. The van der Waals surface area contributed by atoms with Crippen LogP contribution in [0.15, 0.2) is 29.1 Å². The van der Waals surface area contributed by atoms with Gasteiger partial charge in [-0.05, 0) is 48.3 Å². The van der Waals surface area contributed by atoms with Crippen molar-refractivity contribution >= 4 is 16.6 Å². The molecule has 3 nitrogen and oxygen atoms in total. The molecule has 1 aromatic carbocycles. The van der Waals surface area contributed by atoms with Gasteiger partial charge in [0.15, 0.2) is 0 Å². The zero-order valence-electron chi connectivity index (χ0n) is 15.2. The average Bonchev–Trinajstić information content (AvgIpc) is 2.74. The quantitative estimate of drug-likeness (QED) is 0.777. The average molecular weight is 364 g/mol. The van der Waals surface area contributed by atoms with E-state index in [4.69, 9.17) is 0 Å². The van der Waals surface area contributed by atoms with Crippen LogP contribution in [0.2, 0.25) is 0 Å². The molecule has 2 aromatic rings. The fourth-order valence-electron chi connectivity index (χ4n) is 5.42. The highest BCUT2D eigenvalue weighted by atomic mass is 19.4. The van der Waals surface area contributed by atoms with Crippen molar-refractivity contribution in [2.45, 2.75) is 52.3 Å². The fraction of sp³-hybridized carbons (Fsp3) is 0.550. The Bertz CT molecular complexity index is 931. The molecule has 1 aliphatic carbocycles. The van der Waals surface area contributed by atoms with Crippen LogP contribution in [0.4, 0.5) is 18.9 Å². The minimum atomic E-state index is -4.56. The first-order chi connectivity index (χ1) is 12.0. The summed E-state index contributed by atoms with van der Waals surface area (Å²) in [7, 11) is 0. The Morgan fingerprint density at radius 1 is 1.15 bits per heavy atom. The fourth-order valence-corrected chi connectivity index (χ4v) is 5.42. The van der Waals surface area contributed by atoms with E-state index in [9.17, 15) is 18.0 Å². The van der Waals surface area contributed by atoms with E-state index < -0.39 is 17.3 Å². The summed E-state index contributed by atoms with van der Waals surface area (Å²) in [5.41, 5.74) is -0.135. The summed E-state index contributed by atoms with van der Waals surface area (Å²) >= 11 is 0. The lowest BCUT2D eigenvalue weighted by Crippen LogP contribution is -2.34. The van der Waals surface area contributed by atoms with E-state index >= 15 is 0 Å². The van der Waals surface area contributed by atoms with Crippen molar-refractivity contribution in [1.29, 1.82) is 0 Å². The number of fused-ring (bicyclic) bond motifs is 3. The highest BCUT2D eigenvalue weighted by molar-refractivity contribution is 5.86. The number of alkyl halides is 3. The van der Waals surface area contributed by atoms with Crippen molar-refractivity contribution in [3.05, 3.63) is 40.2 Å². The number of benzene rings is 1. The largest absolute Gasteiger partial charge is 0.417 e. The second-order valence-electron chi connectivity index (χ2n) is 9.12. The van der Waals surface area contributed by atoms with Crippen LogP contribution in [-0.4, -0.2) is 17.6 Å². The summed E-state index contributed by atoms with van der Waals surface area (Å²) in [5, 5.41) is 0.0560. The van der Waals surface area contributed by atoms with Gasteiger partial charge in [0, 0.05) is 35.2 Å². The molecule has 4 rings (SSSR count). The van der Waals surface area contributed by atoms with Gasteiger partial charge in [0.25, 0.3) is 0 Å². The number of H-pyrrole nitrogens is 1. The van der Waals surface area contributed by atoms with Gasteiger partial charge in [-0.3, -0.25) is 4.79 Å². The molecule has 6 heteroatoms. The monoisotopic (exact) mass is 364 g/mol. The molecule has 0 amide bonds. The van der Waals surface area contributed by atoms with Crippen LogP contribution in [-0.2, 0) is 6.18 Å². The standard InChI is InChI=1S/C20H23F3N2O/c1-18(2)8-13-9-19(3,10-18)11-25(13)12-4-5-16-14(6-12)15(20(21,22)23)7-17(26)24-16/h4-7,13H,8-11H2,1-3H3,(H,24,26). The van der Waals surface area contributed by atoms with Crippen LogP contribution < -0.4 is 10.5 Å². The van der Waals surface area contributed by atoms with E-state index in [1.165, 1.54) is 0 Å². The second kappa shape index (κ2) is 5.27. The van der Waals surface area contributed by atoms with Gasteiger partial charge in [-0.1, -0.05) is 20.8 Å². The molecule has 2 bridgehead atoms. The third kappa shape index (κ3) is 2.89. The lowest BCUT2D eigenvalue weighted by atomic mass is 9.65. The number of halogens is 3. The van der Waals surface area contributed by atoms with Gasteiger partial charge in [0.05, 0.1) is 5.56 Å². The number of anilines is 1. The van der Waals surface area contributed by atoms with Gasteiger partial charge in [-0.15, -0.1) is 0 Å². The Morgan fingerprint density at radius 3 is 2.58 bits per heavy atom. The van der Waals surface area contributed by atoms with E-state index in [0.29, 0.717) is 12.1 Å². The maximum Gasteiger partial charge on any atom is 0.417 e. The molecule has 1 aliphatic heterocycles. The van der Waals surface area contributed by atoms with Crippen molar-refractivity contribution in [2.75, 3.05) is 11.4 Å². The zero-order chi connectivity index (χ0) is 18.9. The normalized spacial score (nSPS) is 27.9. The maximum absolute atomic E-state index is 13.4. The number of pyridine rings is 1. The number of nitrogens with zero attached hydrogens (tertiary/aromatic N) is 1. The minimum Gasteiger partial charge on any atom is -0.368 e. The highest BCUT2D eigenvalue weighted by Crippen LogP contribution is 2.53. The third-order valence-corrected chi connectivity index (χ3v) is 5.88. The molecule has 140 valence electrons. The summed E-state index contributed by atoms with van der Waals surface area (Å²) in [5.74, 6) is 0. The minimum absolute atomic E-state index is 0.0560. The molecule has 1 aromatic heterocycles. The molecule has 2 fully saturated rings. The van der Waals surface area contributed by atoms with Crippen LogP contribution >= 0.6 is 0 Å². The summed E-state index contributed by atoms with van der Waals surface area (Å²) in [4.78, 5) is 16.4. The van der Waals surface area contributed by atoms with Crippen molar-refractivity contribution < 1.29 is 13.2 Å².